The predicted octanol–water partition coefficient (Wildman–Crippen LogP) is 3.85. The minimum Gasteiger partial charge on any atom is -0.358 e. The number of rotatable bonds is 4. The van der Waals surface area contributed by atoms with E-state index in [4.69, 9.17) is 18.9 Å². The van der Waals surface area contributed by atoms with Crippen molar-refractivity contribution in [3.8, 4) is 0 Å². The van der Waals surface area contributed by atoms with Gasteiger partial charge in [-0.2, -0.15) is 0 Å². The van der Waals surface area contributed by atoms with Crippen molar-refractivity contribution in [1.29, 1.82) is 0 Å². The summed E-state index contributed by atoms with van der Waals surface area (Å²) in [5.74, 6) is 1.35. The third-order valence-electron chi connectivity index (χ3n) is 10.5. The van der Waals surface area contributed by atoms with Gasteiger partial charge >= 0.3 is 0 Å². The van der Waals surface area contributed by atoms with E-state index in [0.29, 0.717) is 23.2 Å². The number of hydrogen-bond donors (Lipinski definition) is 1. The third-order valence-corrected chi connectivity index (χ3v) is 10.5. The van der Waals surface area contributed by atoms with Gasteiger partial charge < -0.3 is 24.1 Å². The van der Waals surface area contributed by atoms with Crippen molar-refractivity contribution in [2.24, 2.45) is 40.4 Å². The number of aliphatic hydroxyl groups is 1. The van der Waals surface area contributed by atoms with E-state index in [2.05, 4.69) is 20.8 Å². The molecule has 29 heavy (non-hydrogen) atoms. The molecular weight excluding hydrogens is 368 g/mol. The highest BCUT2D eigenvalue weighted by Gasteiger charge is 2.92. The van der Waals surface area contributed by atoms with Gasteiger partial charge in [-0.1, -0.05) is 26.3 Å². The zero-order valence-corrected chi connectivity index (χ0v) is 18.4. The molecule has 6 rings (SSSR count). The van der Waals surface area contributed by atoms with Crippen LogP contribution in [0, 0.1) is 40.4 Å². The van der Waals surface area contributed by atoms with Crippen LogP contribution in [0.25, 0.3) is 0 Å². The van der Waals surface area contributed by atoms with Crippen LogP contribution >= 0.6 is 0 Å². The fourth-order valence-corrected chi connectivity index (χ4v) is 9.05. The summed E-state index contributed by atoms with van der Waals surface area (Å²) in [4.78, 5) is 0. The second-order valence-corrected chi connectivity index (χ2v) is 11.3. The van der Waals surface area contributed by atoms with E-state index in [-0.39, 0.29) is 17.8 Å². The first-order valence-electron chi connectivity index (χ1n) is 11.6. The molecule has 162 valence electrons. The highest BCUT2D eigenvalue weighted by Crippen LogP contribution is 2.77. The Balaban J connectivity index is 1.30. The van der Waals surface area contributed by atoms with Crippen molar-refractivity contribution in [2.75, 3.05) is 14.2 Å². The number of methoxy groups -OCH3 is 2. The monoisotopic (exact) mass is 404 g/mol. The van der Waals surface area contributed by atoms with Crippen LogP contribution in [0.2, 0.25) is 0 Å². The smallest absolute Gasteiger partial charge is 0.259 e. The fraction of sp³-hybridized carbons (Fsp3) is 0.917. The first kappa shape index (κ1) is 19.2. The number of ether oxygens (including phenoxy) is 4. The van der Waals surface area contributed by atoms with Crippen molar-refractivity contribution in [3.63, 3.8) is 0 Å². The quantitative estimate of drug-likeness (QED) is 0.438. The summed E-state index contributed by atoms with van der Waals surface area (Å²) in [6.45, 7) is 7.27. The van der Waals surface area contributed by atoms with Gasteiger partial charge in [0.15, 0.2) is 6.29 Å². The maximum atomic E-state index is 10.6. The zero-order valence-electron chi connectivity index (χ0n) is 18.4. The summed E-state index contributed by atoms with van der Waals surface area (Å²) in [5.41, 5.74) is 1.78. The molecular formula is C24H36O5. The maximum absolute atomic E-state index is 10.6. The van der Waals surface area contributed by atoms with Gasteiger partial charge in [-0.3, -0.25) is 0 Å². The average molecular weight is 405 g/mol. The second-order valence-electron chi connectivity index (χ2n) is 11.3. The molecule has 0 radical (unpaired) electrons. The highest BCUT2D eigenvalue weighted by atomic mass is 16.9. The Bertz CT molecular complexity index is 762. The SMILES string of the molecule is COC(OC)C(C)[C@H]1CC[C@H]2[C@@H]3CCC4=C[C@]5(O)OC56OC6[C@]4(C)[C@H]3CC[C@]12C. The minimum atomic E-state index is -1.13. The Morgan fingerprint density at radius 3 is 2.59 bits per heavy atom. The topological polar surface area (TPSA) is 63.8 Å². The molecule has 0 aromatic rings. The van der Waals surface area contributed by atoms with Gasteiger partial charge in [-0.05, 0) is 73.7 Å². The van der Waals surface area contributed by atoms with Crippen LogP contribution in [-0.4, -0.2) is 43.3 Å². The Kier molecular flexibility index (Phi) is 3.76. The lowest BCUT2D eigenvalue weighted by Crippen LogP contribution is -2.54. The van der Waals surface area contributed by atoms with Gasteiger partial charge in [0, 0.05) is 25.6 Å². The Hall–Kier alpha value is -0.460. The maximum Gasteiger partial charge on any atom is 0.259 e. The van der Waals surface area contributed by atoms with Gasteiger partial charge in [-0.15, -0.1) is 0 Å². The summed E-state index contributed by atoms with van der Waals surface area (Å²) in [6.07, 6.45) is 9.36. The molecule has 1 N–H and O–H groups in total. The molecule has 4 aliphatic carbocycles. The molecule has 6 aliphatic rings. The lowest BCUT2D eigenvalue weighted by Gasteiger charge is -2.58. The molecule has 0 bridgehead atoms. The summed E-state index contributed by atoms with van der Waals surface area (Å²) in [5, 5.41) is 10.6. The molecule has 5 nitrogen and oxygen atoms in total. The summed E-state index contributed by atoms with van der Waals surface area (Å²) >= 11 is 0. The lowest BCUT2D eigenvalue weighted by atomic mass is 9.46. The van der Waals surface area contributed by atoms with Crippen LogP contribution < -0.4 is 0 Å². The highest BCUT2D eigenvalue weighted by molar-refractivity contribution is 5.43. The predicted molar refractivity (Wildman–Crippen MR) is 107 cm³/mol. The van der Waals surface area contributed by atoms with Crippen molar-refractivity contribution >= 4 is 0 Å². The van der Waals surface area contributed by atoms with Crippen molar-refractivity contribution in [3.05, 3.63) is 11.6 Å². The first-order chi connectivity index (χ1) is 13.7. The molecule has 0 amide bonds. The molecule has 5 fully saturated rings. The van der Waals surface area contributed by atoms with E-state index in [1.807, 2.05) is 6.08 Å². The Labute approximate surface area is 174 Å². The number of hydrogen-bond acceptors (Lipinski definition) is 5. The van der Waals surface area contributed by atoms with Crippen LogP contribution in [0.3, 0.4) is 0 Å². The standard InChI is InChI=1S/C24H36O5/c1-13(19(26-4)27-5)16-8-9-17-15-7-6-14-12-23(25)24(29-23)20(28-24)22(14,3)18(15)10-11-21(16,17)2/h12-13,15-20,25H,6-11H2,1-5H3/t13?,15-,16+,17-,18-,20?,21+,22-,23-,24?/m0/s1. The van der Waals surface area contributed by atoms with Gasteiger partial charge in [0.05, 0.1) is 0 Å². The fourth-order valence-electron chi connectivity index (χ4n) is 9.05. The van der Waals surface area contributed by atoms with E-state index < -0.39 is 11.6 Å². The van der Waals surface area contributed by atoms with E-state index in [1.54, 1.807) is 14.2 Å². The molecule has 1 spiro atoms. The second kappa shape index (κ2) is 5.66. The van der Waals surface area contributed by atoms with Crippen LogP contribution in [0.15, 0.2) is 11.6 Å². The number of epoxide rings is 2. The molecule has 0 aromatic heterocycles. The molecule has 3 unspecified atom stereocenters. The van der Waals surface area contributed by atoms with Crippen molar-refractivity contribution < 1.29 is 24.1 Å². The number of fused-ring (bicyclic) bond motifs is 6. The first-order valence-corrected chi connectivity index (χ1v) is 11.6. The summed E-state index contributed by atoms with van der Waals surface area (Å²) < 4.78 is 23.1. The van der Waals surface area contributed by atoms with Crippen LogP contribution in [0.1, 0.15) is 59.3 Å². The molecule has 2 aliphatic heterocycles. The van der Waals surface area contributed by atoms with E-state index in [0.717, 1.165) is 18.3 Å². The molecule has 0 aromatic carbocycles. The van der Waals surface area contributed by atoms with Gasteiger partial charge in [0.2, 0.25) is 5.79 Å². The summed E-state index contributed by atoms with van der Waals surface area (Å²) in [6, 6.07) is 0. The van der Waals surface area contributed by atoms with Crippen molar-refractivity contribution in [2.45, 2.75) is 83.3 Å². The molecule has 3 saturated carbocycles. The zero-order chi connectivity index (χ0) is 20.4. The normalized spacial score (nSPS) is 57.8. The van der Waals surface area contributed by atoms with Crippen molar-refractivity contribution in [1.82, 2.24) is 0 Å². The Morgan fingerprint density at radius 1 is 1.10 bits per heavy atom. The Morgan fingerprint density at radius 2 is 1.86 bits per heavy atom. The van der Waals surface area contributed by atoms with E-state index >= 15 is 0 Å². The largest absolute Gasteiger partial charge is 0.358 e. The molecule has 5 heteroatoms. The molecule has 2 saturated heterocycles. The molecule has 2 heterocycles. The van der Waals surface area contributed by atoms with Crippen LogP contribution in [0.4, 0.5) is 0 Å². The molecule has 10 atom stereocenters. The van der Waals surface area contributed by atoms with E-state index in [9.17, 15) is 5.11 Å². The van der Waals surface area contributed by atoms with Gasteiger partial charge in [0.25, 0.3) is 5.79 Å². The van der Waals surface area contributed by atoms with Crippen LogP contribution in [-0.2, 0) is 18.9 Å². The third kappa shape index (κ3) is 2.10. The summed E-state index contributed by atoms with van der Waals surface area (Å²) in [7, 11) is 3.53. The average Bonchev–Trinajstić information content (AvgIpc) is 3.51. The minimum absolute atomic E-state index is 0.0261. The lowest BCUT2D eigenvalue weighted by molar-refractivity contribution is -0.161. The van der Waals surface area contributed by atoms with Gasteiger partial charge in [0.1, 0.15) is 6.10 Å². The van der Waals surface area contributed by atoms with Gasteiger partial charge in [-0.25, -0.2) is 0 Å². The van der Waals surface area contributed by atoms with E-state index in [1.165, 1.54) is 37.7 Å². The van der Waals surface area contributed by atoms with Crippen LogP contribution in [0.5, 0.6) is 0 Å².